The van der Waals surface area contributed by atoms with Crippen LogP contribution < -0.4 is 5.32 Å². The summed E-state index contributed by atoms with van der Waals surface area (Å²) in [6.45, 7) is 1.73. The van der Waals surface area contributed by atoms with Gasteiger partial charge in [0.1, 0.15) is 5.88 Å². The van der Waals surface area contributed by atoms with Crippen molar-refractivity contribution in [3.63, 3.8) is 0 Å². The van der Waals surface area contributed by atoms with Crippen molar-refractivity contribution in [3.8, 4) is 0 Å². The third-order valence-electron chi connectivity index (χ3n) is 2.96. The molecular formula is C12H14ClNO2. The molecule has 0 fully saturated rings. The van der Waals surface area contributed by atoms with Gasteiger partial charge < -0.3 is 10.4 Å². The predicted molar refractivity (Wildman–Crippen MR) is 62.4 cm³/mol. The number of rotatable bonds is 2. The molecule has 3 nitrogen and oxygen atoms in total. The molecule has 0 unspecified atom stereocenters. The average molecular weight is 240 g/mol. The highest BCUT2D eigenvalue weighted by Crippen LogP contribution is 2.38. The second kappa shape index (κ2) is 4.07. The Morgan fingerprint density at radius 2 is 2.31 bits per heavy atom. The Kier molecular flexibility index (Phi) is 2.91. The molecule has 0 radical (unpaired) electrons. The van der Waals surface area contributed by atoms with E-state index in [0.717, 1.165) is 11.1 Å². The SMILES string of the molecule is C[C@]1(O)Cc2ccccc2[C@@H]1NC(=O)CCl. The van der Waals surface area contributed by atoms with Crippen LogP contribution in [0.4, 0.5) is 0 Å². The number of benzene rings is 1. The Balaban J connectivity index is 2.31. The molecule has 0 saturated carbocycles. The first-order valence-electron chi connectivity index (χ1n) is 5.20. The van der Waals surface area contributed by atoms with E-state index in [1.54, 1.807) is 6.92 Å². The monoisotopic (exact) mass is 239 g/mol. The predicted octanol–water partition coefficient (Wildman–Crippen LogP) is 1.39. The summed E-state index contributed by atoms with van der Waals surface area (Å²) in [5.74, 6) is -0.349. The second-order valence-corrected chi connectivity index (χ2v) is 4.63. The number of alkyl halides is 1. The van der Waals surface area contributed by atoms with E-state index in [1.165, 1.54) is 0 Å². The van der Waals surface area contributed by atoms with Crippen molar-refractivity contribution >= 4 is 17.5 Å². The molecule has 0 bridgehead atoms. The van der Waals surface area contributed by atoms with E-state index >= 15 is 0 Å². The maximum atomic E-state index is 11.3. The summed E-state index contributed by atoms with van der Waals surface area (Å²) in [4.78, 5) is 11.3. The topological polar surface area (TPSA) is 49.3 Å². The summed E-state index contributed by atoms with van der Waals surface area (Å²) in [5.41, 5.74) is 1.11. The zero-order valence-electron chi connectivity index (χ0n) is 9.03. The molecule has 1 amide bonds. The Bertz CT molecular complexity index is 417. The van der Waals surface area contributed by atoms with Gasteiger partial charge >= 0.3 is 0 Å². The van der Waals surface area contributed by atoms with Gasteiger partial charge in [-0.1, -0.05) is 24.3 Å². The van der Waals surface area contributed by atoms with Crippen LogP contribution in [0.3, 0.4) is 0 Å². The lowest BCUT2D eigenvalue weighted by molar-refractivity contribution is -0.121. The zero-order valence-corrected chi connectivity index (χ0v) is 9.79. The van der Waals surface area contributed by atoms with Gasteiger partial charge in [-0.05, 0) is 18.1 Å². The molecular weight excluding hydrogens is 226 g/mol. The minimum atomic E-state index is -0.939. The maximum absolute atomic E-state index is 11.3. The van der Waals surface area contributed by atoms with Crippen LogP contribution in [0, 0.1) is 0 Å². The van der Waals surface area contributed by atoms with Crippen molar-refractivity contribution in [1.29, 1.82) is 0 Å². The number of hydrogen-bond acceptors (Lipinski definition) is 2. The lowest BCUT2D eigenvalue weighted by Crippen LogP contribution is -2.42. The van der Waals surface area contributed by atoms with Gasteiger partial charge in [0.2, 0.25) is 5.91 Å². The van der Waals surface area contributed by atoms with E-state index in [0.29, 0.717) is 6.42 Å². The van der Waals surface area contributed by atoms with E-state index in [1.807, 2.05) is 24.3 Å². The van der Waals surface area contributed by atoms with Gasteiger partial charge in [0.05, 0.1) is 11.6 Å². The van der Waals surface area contributed by atoms with Crippen LogP contribution in [0.1, 0.15) is 24.1 Å². The number of carbonyl (C=O) groups excluding carboxylic acids is 1. The molecule has 86 valence electrons. The van der Waals surface area contributed by atoms with Crippen molar-refractivity contribution < 1.29 is 9.90 Å². The minimum Gasteiger partial charge on any atom is -0.387 e. The lowest BCUT2D eigenvalue weighted by Gasteiger charge is -2.26. The standard InChI is InChI=1S/C12H14ClNO2/c1-12(16)6-8-4-2-3-5-9(8)11(12)14-10(15)7-13/h2-5,11,16H,6-7H2,1H3,(H,14,15)/t11-,12-/m0/s1. The van der Waals surface area contributed by atoms with Crippen molar-refractivity contribution in [2.24, 2.45) is 0 Å². The minimum absolute atomic E-state index is 0.0885. The summed E-state index contributed by atoms with van der Waals surface area (Å²) in [5, 5.41) is 13.0. The van der Waals surface area contributed by atoms with Gasteiger partial charge in [0, 0.05) is 6.42 Å². The molecule has 0 aromatic heterocycles. The van der Waals surface area contributed by atoms with Crippen LogP contribution in [-0.4, -0.2) is 22.5 Å². The van der Waals surface area contributed by atoms with E-state index in [9.17, 15) is 9.90 Å². The fraction of sp³-hybridized carbons (Fsp3) is 0.417. The highest BCUT2D eigenvalue weighted by molar-refractivity contribution is 6.27. The van der Waals surface area contributed by atoms with Crippen molar-refractivity contribution in [2.45, 2.75) is 25.0 Å². The van der Waals surface area contributed by atoms with Gasteiger partial charge in [-0.3, -0.25) is 4.79 Å². The molecule has 2 atom stereocenters. The highest BCUT2D eigenvalue weighted by atomic mass is 35.5. The third-order valence-corrected chi connectivity index (χ3v) is 3.21. The fourth-order valence-corrected chi connectivity index (χ4v) is 2.31. The molecule has 1 aliphatic rings. The molecule has 0 spiro atoms. The Labute approximate surface area is 99.4 Å². The molecule has 0 saturated heterocycles. The first-order valence-corrected chi connectivity index (χ1v) is 5.73. The average Bonchev–Trinajstić information content (AvgIpc) is 2.50. The molecule has 2 rings (SSSR count). The zero-order chi connectivity index (χ0) is 11.8. The summed E-state index contributed by atoms with van der Waals surface area (Å²) in [7, 11) is 0. The lowest BCUT2D eigenvalue weighted by atomic mass is 9.97. The number of aliphatic hydroxyl groups is 1. The van der Waals surface area contributed by atoms with Gasteiger partial charge in [-0.2, -0.15) is 0 Å². The summed E-state index contributed by atoms with van der Waals surface area (Å²) in [6.07, 6.45) is 0.552. The molecule has 2 N–H and O–H groups in total. The van der Waals surface area contributed by atoms with E-state index in [-0.39, 0.29) is 17.8 Å². The van der Waals surface area contributed by atoms with Crippen molar-refractivity contribution in [3.05, 3.63) is 35.4 Å². The first-order chi connectivity index (χ1) is 7.54. The van der Waals surface area contributed by atoms with E-state index in [2.05, 4.69) is 5.32 Å². The van der Waals surface area contributed by atoms with E-state index < -0.39 is 5.60 Å². The molecule has 1 aliphatic carbocycles. The van der Waals surface area contributed by atoms with Crippen LogP contribution in [0.25, 0.3) is 0 Å². The van der Waals surface area contributed by atoms with Crippen LogP contribution in [-0.2, 0) is 11.2 Å². The molecule has 1 aromatic carbocycles. The number of fused-ring (bicyclic) bond motifs is 1. The Morgan fingerprint density at radius 3 is 3.00 bits per heavy atom. The molecule has 0 aliphatic heterocycles. The molecule has 0 heterocycles. The van der Waals surface area contributed by atoms with Crippen LogP contribution in [0.5, 0.6) is 0 Å². The Morgan fingerprint density at radius 1 is 1.62 bits per heavy atom. The second-order valence-electron chi connectivity index (χ2n) is 4.37. The molecule has 4 heteroatoms. The fourth-order valence-electron chi connectivity index (χ4n) is 2.23. The molecule has 1 aromatic rings. The van der Waals surface area contributed by atoms with Crippen molar-refractivity contribution in [2.75, 3.05) is 5.88 Å². The number of nitrogens with one attached hydrogen (secondary N) is 1. The Hall–Kier alpha value is -1.06. The summed E-state index contributed by atoms with van der Waals surface area (Å²) in [6, 6.07) is 7.36. The van der Waals surface area contributed by atoms with Gasteiger partial charge in [0.15, 0.2) is 0 Å². The smallest absolute Gasteiger partial charge is 0.235 e. The number of carbonyl (C=O) groups is 1. The summed E-state index contributed by atoms with van der Waals surface area (Å²) < 4.78 is 0. The third kappa shape index (κ3) is 1.93. The van der Waals surface area contributed by atoms with Gasteiger partial charge in [0.25, 0.3) is 0 Å². The maximum Gasteiger partial charge on any atom is 0.235 e. The summed E-state index contributed by atoms with van der Waals surface area (Å²) >= 11 is 5.46. The van der Waals surface area contributed by atoms with Crippen molar-refractivity contribution in [1.82, 2.24) is 5.32 Å². The van der Waals surface area contributed by atoms with Gasteiger partial charge in [-0.25, -0.2) is 0 Å². The highest BCUT2D eigenvalue weighted by Gasteiger charge is 2.41. The molecule has 16 heavy (non-hydrogen) atoms. The number of hydrogen-bond donors (Lipinski definition) is 2. The van der Waals surface area contributed by atoms with Gasteiger partial charge in [-0.15, -0.1) is 11.6 Å². The number of halogens is 1. The number of amides is 1. The van der Waals surface area contributed by atoms with E-state index in [4.69, 9.17) is 11.6 Å². The van der Waals surface area contributed by atoms with Crippen LogP contribution >= 0.6 is 11.6 Å². The van der Waals surface area contributed by atoms with Crippen LogP contribution in [0.15, 0.2) is 24.3 Å². The van der Waals surface area contributed by atoms with Crippen LogP contribution in [0.2, 0.25) is 0 Å². The normalized spacial score (nSPS) is 27.6. The first kappa shape index (κ1) is 11.4. The quantitative estimate of drug-likeness (QED) is 0.767. The largest absolute Gasteiger partial charge is 0.387 e.